The van der Waals surface area contributed by atoms with Crippen LogP contribution in [0.2, 0.25) is 0 Å². The summed E-state index contributed by atoms with van der Waals surface area (Å²) in [7, 11) is 1.00. The summed E-state index contributed by atoms with van der Waals surface area (Å²) in [5.74, 6) is -0.288. The van der Waals surface area contributed by atoms with Gasteiger partial charge in [-0.25, -0.2) is 0 Å². The SMILES string of the molecule is CO.OC1(O)CCCCC1.OCC1CCC(CO)CC1. The molecule has 0 bridgehead atoms. The van der Waals surface area contributed by atoms with Crippen LogP contribution >= 0.6 is 0 Å². The minimum absolute atomic E-state index is 0.331. The van der Waals surface area contributed by atoms with Crippen molar-refractivity contribution < 1.29 is 25.5 Å². The molecule has 0 amide bonds. The van der Waals surface area contributed by atoms with Gasteiger partial charge in [-0.05, 0) is 50.4 Å². The molecule has 0 saturated heterocycles. The Morgan fingerprint density at radius 1 is 0.750 bits per heavy atom. The molecule has 5 nitrogen and oxygen atoms in total. The molecule has 0 aromatic heterocycles. The highest BCUT2D eigenvalue weighted by molar-refractivity contribution is 4.71. The first-order valence-corrected chi connectivity index (χ1v) is 7.68. The topological polar surface area (TPSA) is 101 Å². The largest absolute Gasteiger partial charge is 0.400 e. The highest BCUT2D eigenvalue weighted by Gasteiger charge is 2.24. The van der Waals surface area contributed by atoms with Crippen molar-refractivity contribution in [1.82, 2.24) is 0 Å². The molecule has 5 heteroatoms. The first kappa shape index (κ1) is 19.8. The third kappa shape index (κ3) is 8.87. The Hall–Kier alpha value is -0.200. The van der Waals surface area contributed by atoms with Gasteiger partial charge in [-0.2, -0.15) is 0 Å². The molecular formula is C15H32O5. The number of hydrogen-bond donors (Lipinski definition) is 5. The van der Waals surface area contributed by atoms with Gasteiger partial charge in [0.25, 0.3) is 0 Å². The van der Waals surface area contributed by atoms with Crippen LogP contribution in [0.5, 0.6) is 0 Å². The summed E-state index contributed by atoms with van der Waals surface area (Å²) >= 11 is 0. The molecule has 0 radical (unpaired) electrons. The molecular weight excluding hydrogens is 260 g/mol. The van der Waals surface area contributed by atoms with Crippen LogP contribution in [0.15, 0.2) is 0 Å². The summed E-state index contributed by atoms with van der Waals surface area (Å²) < 4.78 is 0. The minimum atomic E-state index is -1.32. The third-order valence-electron chi connectivity index (χ3n) is 4.14. The van der Waals surface area contributed by atoms with Crippen molar-refractivity contribution in [2.45, 2.75) is 63.6 Å². The van der Waals surface area contributed by atoms with Crippen LogP contribution in [0, 0.1) is 11.8 Å². The molecule has 2 fully saturated rings. The fraction of sp³-hybridized carbons (Fsp3) is 1.00. The van der Waals surface area contributed by atoms with Gasteiger partial charge in [-0.1, -0.05) is 6.42 Å². The van der Waals surface area contributed by atoms with Crippen molar-refractivity contribution in [3.8, 4) is 0 Å². The maximum atomic E-state index is 8.93. The Morgan fingerprint density at radius 2 is 1.10 bits per heavy atom. The summed E-state index contributed by atoms with van der Waals surface area (Å²) in [6.07, 6.45) is 8.61. The number of aliphatic hydroxyl groups excluding tert-OH is 3. The van der Waals surface area contributed by atoms with E-state index in [2.05, 4.69) is 0 Å². The summed E-state index contributed by atoms with van der Waals surface area (Å²) in [4.78, 5) is 0. The van der Waals surface area contributed by atoms with Crippen LogP contribution in [-0.4, -0.2) is 51.6 Å². The normalized spacial score (nSPS) is 28.5. The maximum Gasteiger partial charge on any atom is 0.162 e. The van der Waals surface area contributed by atoms with Crippen LogP contribution in [0.25, 0.3) is 0 Å². The molecule has 0 atom stereocenters. The monoisotopic (exact) mass is 292 g/mol. The van der Waals surface area contributed by atoms with E-state index in [-0.39, 0.29) is 0 Å². The lowest BCUT2D eigenvalue weighted by Crippen LogP contribution is -2.30. The zero-order chi connectivity index (χ0) is 15.4. The third-order valence-corrected chi connectivity index (χ3v) is 4.14. The molecule has 2 aliphatic carbocycles. The quantitative estimate of drug-likeness (QED) is 0.489. The van der Waals surface area contributed by atoms with E-state index in [1.54, 1.807) is 0 Å². The average Bonchev–Trinajstić information content (AvgIpc) is 2.50. The predicted molar refractivity (Wildman–Crippen MR) is 78.0 cm³/mol. The van der Waals surface area contributed by atoms with Gasteiger partial charge in [0, 0.05) is 33.2 Å². The number of rotatable bonds is 2. The van der Waals surface area contributed by atoms with Crippen molar-refractivity contribution in [2.75, 3.05) is 20.3 Å². The second kappa shape index (κ2) is 11.5. The molecule has 5 N–H and O–H groups in total. The molecule has 122 valence electrons. The molecule has 2 aliphatic rings. The first-order valence-electron chi connectivity index (χ1n) is 7.68. The van der Waals surface area contributed by atoms with E-state index in [0.717, 1.165) is 52.1 Å². The lowest BCUT2D eigenvalue weighted by atomic mass is 9.83. The van der Waals surface area contributed by atoms with Crippen molar-refractivity contribution in [3.63, 3.8) is 0 Å². The maximum absolute atomic E-state index is 8.93. The predicted octanol–water partition coefficient (Wildman–Crippen LogP) is 1.02. The molecule has 0 aromatic carbocycles. The van der Waals surface area contributed by atoms with Gasteiger partial charge in [-0.3, -0.25) is 0 Å². The van der Waals surface area contributed by atoms with E-state index in [4.69, 9.17) is 25.5 Å². The van der Waals surface area contributed by atoms with E-state index < -0.39 is 5.79 Å². The molecule has 0 heterocycles. The zero-order valence-corrected chi connectivity index (χ0v) is 12.7. The van der Waals surface area contributed by atoms with E-state index in [9.17, 15) is 0 Å². The smallest absolute Gasteiger partial charge is 0.162 e. The highest BCUT2D eigenvalue weighted by atomic mass is 16.5. The summed E-state index contributed by atoms with van der Waals surface area (Å²) in [5.41, 5.74) is 0. The molecule has 0 aliphatic heterocycles. The fourth-order valence-electron chi connectivity index (χ4n) is 2.71. The Morgan fingerprint density at radius 3 is 1.30 bits per heavy atom. The highest BCUT2D eigenvalue weighted by Crippen LogP contribution is 2.27. The molecule has 2 rings (SSSR count). The van der Waals surface area contributed by atoms with Crippen molar-refractivity contribution in [3.05, 3.63) is 0 Å². The van der Waals surface area contributed by atoms with E-state index in [0.29, 0.717) is 37.9 Å². The Bertz CT molecular complexity index is 192. The lowest BCUT2D eigenvalue weighted by Gasteiger charge is -2.25. The van der Waals surface area contributed by atoms with Gasteiger partial charge < -0.3 is 25.5 Å². The summed E-state index contributed by atoms with van der Waals surface area (Å²) in [5, 5.41) is 42.4. The van der Waals surface area contributed by atoms with Crippen molar-refractivity contribution >= 4 is 0 Å². The molecule has 2 saturated carbocycles. The van der Waals surface area contributed by atoms with Gasteiger partial charge in [-0.15, -0.1) is 0 Å². The Balaban J connectivity index is 0.000000327. The van der Waals surface area contributed by atoms with Gasteiger partial charge in [0.05, 0.1) is 0 Å². The van der Waals surface area contributed by atoms with Crippen LogP contribution in [0.4, 0.5) is 0 Å². The zero-order valence-electron chi connectivity index (χ0n) is 12.7. The Labute approximate surface area is 122 Å². The second-order valence-corrected chi connectivity index (χ2v) is 5.80. The van der Waals surface area contributed by atoms with Gasteiger partial charge in [0.1, 0.15) is 0 Å². The van der Waals surface area contributed by atoms with E-state index in [1.807, 2.05) is 0 Å². The van der Waals surface area contributed by atoms with Crippen LogP contribution < -0.4 is 0 Å². The number of aliphatic hydroxyl groups is 5. The Kier molecular flexibility index (Phi) is 11.3. The standard InChI is InChI=1S/C8H16O2.C6H12O2.CH4O/c9-5-7-1-2-8(6-10)4-3-7;7-6(8)4-2-1-3-5-6;1-2/h7-10H,1-6H2;7-8H,1-5H2;2H,1H3. The summed E-state index contributed by atoms with van der Waals surface area (Å²) in [6.45, 7) is 0.663. The average molecular weight is 292 g/mol. The molecule has 20 heavy (non-hydrogen) atoms. The van der Waals surface area contributed by atoms with Crippen LogP contribution in [0.3, 0.4) is 0 Å². The van der Waals surface area contributed by atoms with Crippen molar-refractivity contribution in [1.29, 1.82) is 0 Å². The number of hydrogen-bond acceptors (Lipinski definition) is 5. The first-order chi connectivity index (χ1) is 9.57. The molecule has 0 aromatic rings. The second-order valence-electron chi connectivity index (χ2n) is 5.80. The van der Waals surface area contributed by atoms with Crippen molar-refractivity contribution in [2.24, 2.45) is 11.8 Å². The minimum Gasteiger partial charge on any atom is -0.400 e. The van der Waals surface area contributed by atoms with Gasteiger partial charge in [0.15, 0.2) is 5.79 Å². The van der Waals surface area contributed by atoms with Gasteiger partial charge >= 0.3 is 0 Å². The summed E-state index contributed by atoms with van der Waals surface area (Å²) in [6, 6.07) is 0. The fourth-order valence-corrected chi connectivity index (χ4v) is 2.71. The van der Waals surface area contributed by atoms with Gasteiger partial charge in [0.2, 0.25) is 0 Å². The lowest BCUT2D eigenvalue weighted by molar-refractivity contribution is -0.180. The van der Waals surface area contributed by atoms with Crippen LogP contribution in [-0.2, 0) is 0 Å². The molecule has 0 unspecified atom stereocenters. The molecule has 0 spiro atoms. The van der Waals surface area contributed by atoms with Crippen LogP contribution in [0.1, 0.15) is 57.8 Å². The van der Waals surface area contributed by atoms with E-state index in [1.165, 1.54) is 0 Å². The van der Waals surface area contributed by atoms with E-state index >= 15 is 0 Å².